The molecule has 31 heavy (non-hydrogen) atoms. The summed E-state index contributed by atoms with van der Waals surface area (Å²) in [5.41, 5.74) is 3.05. The summed E-state index contributed by atoms with van der Waals surface area (Å²) in [4.78, 5) is 12.0. The Morgan fingerprint density at radius 1 is 0.968 bits per heavy atom. The van der Waals surface area contributed by atoms with Crippen LogP contribution in [0.25, 0.3) is 11.1 Å². The van der Waals surface area contributed by atoms with E-state index in [1.54, 1.807) is 25.3 Å². The third-order valence-electron chi connectivity index (χ3n) is 4.56. The zero-order chi connectivity index (χ0) is 22.4. The van der Waals surface area contributed by atoms with Crippen molar-refractivity contribution in [1.82, 2.24) is 0 Å². The summed E-state index contributed by atoms with van der Waals surface area (Å²) >= 11 is 6.31. The molecule has 0 heterocycles. The van der Waals surface area contributed by atoms with Gasteiger partial charge in [0.15, 0.2) is 16.7 Å². The van der Waals surface area contributed by atoms with Gasteiger partial charge in [-0.15, -0.1) is 0 Å². The number of nitrogens with one attached hydrogen (secondary N) is 1. The summed E-state index contributed by atoms with van der Waals surface area (Å²) in [6.07, 6.45) is -0.00275. The lowest BCUT2D eigenvalue weighted by atomic mass is 10.1. The molecule has 0 saturated carbocycles. The smallest absolute Gasteiger partial charge is 0.309 e. The lowest BCUT2D eigenvalue weighted by Gasteiger charge is -2.16. The van der Waals surface area contributed by atoms with Crippen LogP contribution in [0.15, 0.2) is 65.6 Å². The van der Waals surface area contributed by atoms with Crippen molar-refractivity contribution in [3.63, 3.8) is 0 Å². The Bertz CT molecular complexity index is 1100. The Labute approximate surface area is 188 Å². The number of anilines is 1. The maximum absolute atomic E-state index is 13.3. The molecule has 0 aliphatic heterocycles. The van der Waals surface area contributed by atoms with Crippen molar-refractivity contribution in [2.45, 2.75) is 11.3 Å². The van der Waals surface area contributed by atoms with Crippen LogP contribution in [0.5, 0.6) is 11.5 Å². The van der Waals surface area contributed by atoms with Gasteiger partial charge in [-0.25, -0.2) is 4.21 Å². The van der Waals surface area contributed by atoms with Gasteiger partial charge >= 0.3 is 5.97 Å². The zero-order valence-corrected chi connectivity index (χ0v) is 18.9. The van der Waals surface area contributed by atoms with E-state index in [9.17, 15) is 9.00 Å². The Kier molecular flexibility index (Phi) is 7.55. The lowest BCUT2D eigenvalue weighted by Crippen LogP contribution is -2.10. The molecule has 0 amide bonds. The van der Waals surface area contributed by atoms with Crippen LogP contribution >= 0.6 is 11.6 Å². The number of halogens is 1. The van der Waals surface area contributed by atoms with E-state index in [1.165, 1.54) is 14.2 Å². The predicted octanol–water partition coefficient (Wildman–Crippen LogP) is 4.87. The normalized spacial score (nSPS) is 11.5. The van der Waals surface area contributed by atoms with E-state index in [1.807, 2.05) is 42.5 Å². The van der Waals surface area contributed by atoms with Gasteiger partial charge in [0, 0.05) is 0 Å². The number of hydrogen-bond donors (Lipinski definition) is 1. The lowest BCUT2D eigenvalue weighted by molar-refractivity contribution is -0.139. The van der Waals surface area contributed by atoms with Gasteiger partial charge in [-0.1, -0.05) is 48.0 Å². The number of carbonyl (C=O) groups is 1. The average Bonchev–Trinajstić information content (AvgIpc) is 2.79. The second kappa shape index (κ2) is 10.3. The van der Waals surface area contributed by atoms with Gasteiger partial charge in [-0.3, -0.25) is 9.52 Å². The summed E-state index contributed by atoms with van der Waals surface area (Å²) in [5, 5.41) is 0.249. The standard InChI is InChI=1S/C23H22ClNO5S/c1-28-20-10-9-17(16-7-5-4-6-8-16)14-19(20)25-31(27)21-12-15(13-22(26)29-2)11-18(24)23(21)30-3/h4-12,14,25H,13H2,1-3H3. The van der Waals surface area contributed by atoms with Gasteiger partial charge in [0.25, 0.3) is 0 Å². The molecular weight excluding hydrogens is 438 g/mol. The monoisotopic (exact) mass is 459 g/mol. The molecule has 162 valence electrons. The van der Waals surface area contributed by atoms with Gasteiger partial charge in [0.2, 0.25) is 0 Å². The van der Waals surface area contributed by atoms with Gasteiger partial charge in [0.1, 0.15) is 10.6 Å². The number of methoxy groups -OCH3 is 3. The van der Waals surface area contributed by atoms with Crippen molar-refractivity contribution in [3.05, 3.63) is 71.2 Å². The largest absolute Gasteiger partial charge is 0.495 e. The molecule has 6 nitrogen and oxygen atoms in total. The Morgan fingerprint density at radius 3 is 2.35 bits per heavy atom. The first kappa shape index (κ1) is 22.7. The fourth-order valence-electron chi connectivity index (χ4n) is 3.05. The van der Waals surface area contributed by atoms with Crippen LogP contribution in [0.3, 0.4) is 0 Å². The quantitative estimate of drug-likeness (QED) is 0.486. The van der Waals surface area contributed by atoms with Crippen LogP contribution in [0.2, 0.25) is 5.02 Å². The van der Waals surface area contributed by atoms with Crippen LogP contribution in [-0.2, 0) is 26.9 Å². The van der Waals surface area contributed by atoms with E-state index < -0.39 is 17.0 Å². The SMILES string of the molecule is COC(=O)Cc1cc(Cl)c(OC)c(S(=O)Nc2cc(-c3ccccc3)ccc2OC)c1. The summed E-state index contributed by atoms with van der Waals surface area (Å²) < 4.78 is 31.7. The fourth-order valence-corrected chi connectivity index (χ4v) is 4.52. The molecule has 3 rings (SSSR count). The Hall–Kier alpha value is -3.03. The Balaban J connectivity index is 1.98. The maximum Gasteiger partial charge on any atom is 0.309 e. The molecule has 3 aromatic rings. The molecule has 0 radical (unpaired) electrons. The third kappa shape index (κ3) is 5.37. The molecule has 1 atom stereocenters. The highest BCUT2D eigenvalue weighted by Gasteiger charge is 2.19. The minimum absolute atomic E-state index is 0.00275. The van der Waals surface area contributed by atoms with Gasteiger partial charge in [-0.2, -0.15) is 0 Å². The average molecular weight is 460 g/mol. The molecule has 1 unspecified atom stereocenters. The highest BCUT2D eigenvalue weighted by molar-refractivity contribution is 7.86. The third-order valence-corrected chi connectivity index (χ3v) is 5.95. The van der Waals surface area contributed by atoms with Crippen LogP contribution in [0.1, 0.15) is 5.56 Å². The van der Waals surface area contributed by atoms with E-state index in [0.717, 1.165) is 11.1 Å². The van der Waals surface area contributed by atoms with Gasteiger partial charge in [-0.05, 0) is 41.0 Å². The van der Waals surface area contributed by atoms with Crippen molar-refractivity contribution in [3.8, 4) is 22.6 Å². The molecule has 0 fully saturated rings. The molecule has 0 aromatic heterocycles. The molecule has 0 aliphatic rings. The van der Waals surface area contributed by atoms with Crippen LogP contribution in [0, 0.1) is 0 Å². The minimum atomic E-state index is -1.75. The zero-order valence-electron chi connectivity index (χ0n) is 17.3. The van der Waals surface area contributed by atoms with Crippen molar-refractivity contribution < 1.29 is 23.2 Å². The number of ether oxygens (including phenoxy) is 3. The van der Waals surface area contributed by atoms with Crippen LogP contribution in [0.4, 0.5) is 5.69 Å². The van der Waals surface area contributed by atoms with E-state index >= 15 is 0 Å². The number of esters is 1. The second-order valence-electron chi connectivity index (χ2n) is 6.51. The topological polar surface area (TPSA) is 73.9 Å². The van der Waals surface area contributed by atoms with Gasteiger partial charge in [0.05, 0.1) is 38.5 Å². The molecular formula is C23H22ClNO5S. The van der Waals surface area contributed by atoms with Crippen molar-refractivity contribution >= 4 is 34.2 Å². The fraction of sp³-hybridized carbons (Fsp3) is 0.174. The van der Waals surface area contributed by atoms with Gasteiger partial charge < -0.3 is 14.2 Å². The van der Waals surface area contributed by atoms with Crippen LogP contribution < -0.4 is 14.2 Å². The molecule has 8 heteroatoms. The highest BCUT2D eigenvalue weighted by atomic mass is 35.5. The van der Waals surface area contributed by atoms with E-state index in [-0.39, 0.29) is 17.2 Å². The predicted molar refractivity (Wildman–Crippen MR) is 122 cm³/mol. The second-order valence-corrected chi connectivity index (χ2v) is 8.10. The van der Waals surface area contributed by atoms with Crippen molar-refractivity contribution in [2.75, 3.05) is 26.1 Å². The molecule has 0 aliphatic carbocycles. The van der Waals surface area contributed by atoms with Crippen LogP contribution in [-0.4, -0.2) is 31.5 Å². The number of rotatable bonds is 8. The molecule has 0 bridgehead atoms. The van der Waals surface area contributed by atoms with E-state index in [0.29, 0.717) is 21.9 Å². The summed E-state index contributed by atoms with van der Waals surface area (Å²) in [5.74, 6) is 0.367. The maximum atomic E-state index is 13.3. The first-order valence-corrected chi connectivity index (χ1v) is 10.8. The molecule has 3 aromatic carbocycles. The molecule has 1 N–H and O–H groups in total. The highest BCUT2D eigenvalue weighted by Crippen LogP contribution is 2.36. The molecule has 0 spiro atoms. The minimum Gasteiger partial charge on any atom is -0.495 e. The summed E-state index contributed by atoms with van der Waals surface area (Å²) in [6, 6.07) is 18.6. The number of hydrogen-bond acceptors (Lipinski definition) is 5. The Morgan fingerprint density at radius 2 is 1.71 bits per heavy atom. The summed E-state index contributed by atoms with van der Waals surface area (Å²) in [6.45, 7) is 0. The first-order valence-electron chi connectivity index (χ1n) is 9.32. The first-order chi connectivity index (χ1) is 15.0. The number of carbonyl (C=O) groups excluding carboxylic acids is 1. The van der Waals surface area contributed by atoms with E-state index in [2.05, 4.69) is 4.72 Å². The van der Waals surface area contributed by atoms with Crippen molar-refractivity contribution in [1.29, 1.82) is 0 Å². The molecule has 0 saturated heterocycles. The van der Waals surface area contributed by atoms with Crippen molar-refractivity contribution in [2.24, 2.45) is 0 Å². The summed E-state index contributed by atoms with van der Waals surface area (Å²) in [7, 11) is 2.54. The van der Waals surface area contributed by atoms with E-state index in [4.69, 9.17) is 25.8 Å². The number of benzene rings is 3.